The Bertz CT molecular complexity index is 1020. The maximum absolute atomic E-state index is 12.7. The summed E-state index contributed by atoms with van der Waals surface area (Å²) in [6.07, 6.45) is 4.49. The van der Waals surface area contributed by atoms with Crippen molar-refractivity contribution in [3.63, 3.8) is 0 Å². The van der Waals surface area contributed by atoms with E-state index in [1.807, 2.05) is 0 Å². The summed E-state index contributed by atoms with van der Waals surface area (Å²) in [6.45, 7) is 0.767. The van der Waals surface area contributed by atoms with Crippen molar-refractivity contribution in [2.24, 2.45) is 0 Å². The molecule has 0 radical (unpaired) electrons. The van der Waals surface area contributed by atoms with E-state index in [9.17, 15) is 8.42 Å². The molecule has 3 heterocycles. The van der Waals surface area contributed by atoms with Crippen molar-refractivity contribution in [1.82, 2.24) is 24.3 Å². The van der Waals surface area contributed by atoms with Crippen LogP contribution in [0.5, 0.6) is 5.88 Å². The van der Waals surface area contributed by atoms with Gasteiger partial charge in [-0.3, -0.25) is 0 Å². The minimum absolute atomic E-state index is 0.110. The van der Waals surface area contributed by atoms with E-state index in [0.717, 1.165) is 0 Å². The number of sulfonamides is 1. The summed E-state index contributed by atoms with van der Waals surface area (Å²) in [6, 6.07) is 11.5. The molecular formula is C18H18ClN5O3S. The summed E-state index contributed by atoms with van der Waals surface area (Å²) in [7, 11) is -3.52. The van der Waals surface area contributed by atoms with Crippen molar-refractivity contribution in [3.05, 3.63) is 59.9 Å². The number of aromatic nitrogens is 4. The molecule has 1 aliphatic heterocycles. The molecule has 1 aromatic carbocycles. The highest BCUT2D eigenvalue weighted by Gasteiger charge is 2.30. The molecule has 4 rings (SSSR count). The normalized spacial score (nSPS) is 16.2. The molecule has 8 nitrogen and oxygen atoms in total. The van der Waals surface area contributed by atoms with E-state index < -0.39 is 10.0 Å². The summed E-state index contributed by atoms with van der Waals surface area (Å²) >= 11 is 5.84. The molecule has 0 atom stereocenters. The molecule has 28 heavy (non-hydrogen) atoms. The fourth-order valence-electron chi connectivity index (χ4n) is 3.02. The number of ether oxygens (including phenoxy) is 1. The fraction of sp³-hybridized carbons (Fsp3) is 0.278. The van der Waals surface area contributed by atoms with Crippen molar-refractivity contribution in [1.29, 1.82) is 0 Å². The van der Waals surface area contributed by atoms with Crippen LogP contribution in [0.4, 0.5) is 0 Å². The average Bonchev–Trinajstić information content (AvgIpc) is 3.24. The monoisotopic (exact) mass is 419 g/mol. The molecule has 3 aromatic rings. The fourth-order valence-corrected chi connectivity index (χ4v) is 4.61. The van der Waals surface area contributed by atoms with Crippen LogP contribution in [0.2, 0.25) is 5.02 Å². The van der Waals surface area contributed by atoms with Crippen molar-refractivity contribution >= 4 is 21.6 Å². The van der Waals surface area contributed by atoms with Gasteiger partial charge in [0.15, 0.2) is 5.82 Å². The van der Waals surface area contributed by atoms with Gasteiger partial charge in [0.05, 0.1) is 4.90 Å². The van der Waals surface area contributed by atoms with Crippen LogP contribution in [-0.2, 0) is 10.0 Å². The highest BCUT2D eigenvalue weighted by molar-refractivity contribution is 7.89. The van der Waals surface area contributed by atoms with E-state index in [4.69, 9.17) is 16.3 Å². The first-order chi connectivity index (χ1) is 13.5. The molecule has 1 saturated heterocycles. The summed E-state index contributed by atoms with van der Waals surface area (Å²) in [5.41, 5.74) is 0. The van der Waals surface area contributed by atoms with E-state index in [-0.39, 0.29) is 11.0 Å². The number of halogens is 1. The minimum atomic E-state index is -3.52. The largest absolute Gasteiger partial charge is 0.473 e. The van der Waals surface area contributed by atoms with Gasteiger partial charge < -0.3 is 4.74 Å². The molecule has 0 amide bonds. The maximum Gasteiger partial charge on any atom is 0.243 e. The Labute approximate surface area is 167 Å². The van der Waals surface area contributed by atoms with Crippen LogP contribution in [0.15, 0.2) is 59.8 Å². The second-order valence-electron chi connectivity index (χ2n) is 6.36. The lowest BCUT2D eigenvalue weighted by molar-refractivity contribution is 0.128. The Kier molecular flexibility index (Phi) is 5.29. The summed E-state index contributed by atoms with van der Waals surface area (Å²) in [4.78, 5) is 0.247. The van der Waals surface area contributed by atoms with Gasteiger partial charge in [0.1, 0.15) is 6.10 Å². The number of hydrogen-bond donors (Lipinski definition) is 0. The first kappa shape index (κ1) is 18.9. The first-order valence-corrected chi connectivity index (χ1v) is 10.6. The highest BCUT2D eigenvalue weighted by atomic mass is 35.5. The average molecular weight is 420 g/mol. The molecule has 0 aliphatic carbocycles. The Morgan fingerprint density at radius 1 is 1.04 bits per heavy atom. The Morgan fingerprint density at radius 3 is 2.39 bits per heavy atom. The van der Waals surface area contributed by atoms with Gasteiger partial charge in [0.2, 0.25) is 15.9 Å². The molecule has 146 valence electrons. The second-order valence-corrected chi connectivity index (χ2v) is 8.73. The minimum Gasteiger partial charge on any atom is -0.473 e. The third-order valence-electron chi connectivity index (χ3n) is 4.50. The van der Waals surface area contributed by atoms with E-state index >= 15 is 0 Å². The van der Waals surface area contributed by atoms with Gasteiger partial charge in [-0.05, 0) is 49.2 Å². The summed E-state index contributed by atoms with van der Waals surface area (Å²) < 4.78 is 34.4. The SMILES string of the molecule is O=S(=O)(c1ccc(Cl)cc1)N1CCC(Oc2ccc(-n3cccn3)nn2)CC1. The number of rotatable bonds is 5. The lowest BCUT2D eigenvalue weighted by Gasteiger charge is -2.31. The van der Waals surface area contributed by atoms with Crippen molar-refractivity contribution < 1.29 is 13.2 Å². The molecule has 0 spiro atoms. The number of piperidine rings is 1. The predicted octanol–water partition coefficient (Wildman–Crippen LogP) is 2.55. The lowest BCUT2D eigenvalue weighted by Crippen LogP contribution is -2.41. The van der Waals surface area contributed by atoms with Gasteiger partial charge in [-0.1, -0.05) is 11.6 Å². The van der Waals surface area contributed by atoms with Crippen LogP contribution in [0.1, 0.15) is 12.8 Å². The molecule has 1 fully saturated rings. The number of nitrogens with zero attached hydrogens (tertiary/aromatic N) is 5. The third-order valence-corrected chi connectivity index (χ3v) is 6.67. The lowest BCUT2D eigenvalue weighted by atomic mass is 10.1. The molecule has 1 aliphatic rings. The Balaban J connectivity index is 1.36. The van der Waals surface area contributed by atoms with Gasteiger partial charge >= 0.3 is 0 Å². The molecule has 0 N–H and O–H groups in total. The predicted molar refractivity (Wildman–Crippen MR) is 103 cm³/mol. The van der Waals surface area contributed by atoms with E-state index in [2.05, 4.69) is 15.3 Å². The highest BCUT2D eigenvalue weighted by Crippen LogP contribution is 2.24. The molecule has 0 saturated carbocycles. The van der Waals surface area contributed by atoms with Gasteiger partial charge in [0.25, 0.3) is 0 Å². The standard InChI is InChI=1S/C18H18ClN5O3S/c19-14-2-4-16(5-3-14)28(25,26)23-12-8-15(9-13-23)27-18-7-6-17(21-22-18)24-11-1-10-20-24/h1-7,10-11,15H,8-9,12-13H2. The molecule has 10 heteroatoms. The van der Waals surface area contributed by atoms with Gasteiger partial charge in [-0.2, -0.15) is 9.40 Å². The van der Waals surface area contributed by atoms with Gasteiger partial charge in [-0.25, -0.2) is 13.1 Å². The van der Waals surface area contributed by atoms with E-state index in [1.165, 1.54) is 16.4 Å². The molecule has 2 aromatic heterocycles. The zero-order chi connectivity index (χ0) is 19.6. The summed E-state index contributed by atoms with van der Waals surface area (Å²) in [5, 5.41) is 12.8. The Morgan fingerprint density at radius 2 is 1.79 bits per heavy atom. The topological polar surface area (TPSA) is 90.2 Å². The zero-order valence-corrected chi connectivity index (χ0v) is 16.4. The second kappa shape index (κ2) is 7.86. The molecular weight excluding hydrogens is 402 g/mol. The Hall–Kier alpha value is -2.49. The van der Waals surface area contributed by atoms with Crippen molar-refractivity contribution in [2.75, 3.05) is 13.1 Å². The van der Waals surface area contributed by atoms with Crippen LogP contribution in [0.25, 0.3) is 5.82 Å². The van der Waals surface area contributed by atoms with Crippen LogP contribution >= 0.6 is 11.6 Å². The van der Waals surface area contributed by atoms with Crippen molar-refractivity contribution in [3.8, 4) is 11.7 Å². The number of benzene rings is 1. The van der Waals surface area contributed by atoms with Crippen LogP contribution in [0, 0.1) is 0 Å². The maximum atomic E-state index is 12.7. The molecule has 0 unspecified atom stereocenters. The zero-order valence-electron chi connectivity index (χ0n) is 14.8. The smallest absolute Gasteiger partial charge is 0.243 e. The van der Waals surface area contributed by atoms with E-state index in [0.29, 0.717) is 42.7 Å². The summed E-state index contributed by atoms with van der Waals surface area (Å²) in [5.74, 6) is 1.01. The third kappa shape index (κ3) is 4.01. The molecule has 0 bridgehead atoms. The van der Waals surface area contributed by atoms with Gasteiger partial charge in [0, 0.05) is 36.6 Å². The quantitative estimate of drug-likeness (QED) is 0.631. The van der Waals surface area contributed by atoms with Gasteiger partial charge in [-0.15, -0.1) is 10.2 Å². The van der Waals surface area contributed by atoms with Crippen LogP contribution in [-0.4, -0.2) is 51.9 Å². The van der Waals surface area contributed by atoms with Crippen LogP contribution < -0.4 is 4.74 Å². The number of hydrogen-bond acceptors (Lipinski definition) is 6. The van der Waals surface area contributed by atoms with E-state index in [1.54, 1.807) is 47.4 Å². The van der Waals surface area contributed by atoms with Crippen LogP contribution in [0.3, 0.4) is 0 Å². The first-order valence-electron chi connectivity index (χ1n) is 8.78. The van der Waals surface area contributed by atoms with Crippen molar-refractivity contribution in [2.45, 2.75) is 23.8 Å².